The third-order valence-electron chi connectivity index (χ3n) is 3.79. The van der Waals surface area contributed by atoms with Crippen LogP contribution in [0.1, 0.15) is 39.3 Å². The van der Waals surface area contributed by atoms with Crippen molar-refractivity contribution in [3.8, 4) is 0 Å². The first-order valence-electron chi connectivity index (χ1n) is 6.91. The average molecular weight is 253 g/mol. The zero-order valence-electron chi connectivity index (χ0n) is 12.4. The highest BCUT2D eigenvalue weighted by Crippen LogP contribution is 2.27. The molecule has 0 aliphatic carbocycles. The fourth-order valence-electron chi connectivity index (χ4n) is 2.67. The average Bonchev–Trinajstić information content (AvgIpc) is 2.79. The molecule has 0 amide bonds. The van der Waals surface area contributed by atoms with Crippen LogP contribution in [-0.4, -0.2) is 35.1 Å². The van der Waals surface area contributed by atoms with Gasteiger partial charge in [-0.15, -0.1) is 0 Å². The molecular formula is C14H27N3O. The first-order chi connectivity index (χ1) is 8.61. The molecule has 1 N–H and O–H groups in total. The van der Waals surface area contributed by atoms with Gasteiger partial charge in [-0.1, -0.05) is 13.8 Å². The Hall–Kier alpha value is -0.870. The van der Waals surface area contributed by atoms with Crippen LogP contribution in [0.2, 0.25) is 0 Å². The van der Waals surface area contributed by atoms with Gasteiger partial charge in [-0.2, -0.15) is 5.10 Å². The lowest BCUT2D eigenvalue weighted by molar-refractivity contribution is -0.0705. The maximum Gasteiger partial charge on any atom is 0.0833 e. The van der Waals surface area contributed by atoms with Crippen molar-refractivity contribution in [3.05, 3.63) is 18.0 Å². The SMILES string of the molecule is CCOC(CC)(CC)C(Cc1ccn(C)n1)NC. The molecule has 1 aromatic rings. The summed E-state index contributed by atoms with van der Waals surface area (Å²) < 4.78 is 7.91. The highest BCUT2D eigenvalue weighted by atomic mass is 16.5. The van der Waals surface area contributed by atoms with Gasteiger partial charge in [0, 0.05) is 32.3 Å². The van der Waals surface area contributed by atoms with E-state index in [0.29, 0.717) is 6.04 Å². The van der Waals surface area contributed by atoms with Crippen molar-refractivity contribution in [3.63, 3.8) is 0 Å². The normalized spacial score (nSPS) is 13.8. The number of aromatic nitrogens is 2. The minimum atomic E-state index is -0.0962. The third-order valence-corrected chi connectivity index (χ3v) is 3.79. The molecule has 0 saturated heterocycles. The molecular weight excluding hydrogens is 226 g/mol. The second kappa shape index (κ2) is 6.90. The van der Waals surface area contributed by atoms with E-state index in [9.17, 15) is 0 Å². The van der Waals surface area contributed by atoms with Crippen LogP contribution in [0.25, 0.3) is 0 Å². The van der Waals surface area contributed by atoms with E-state index in [-0.39, 0.29) is 5.60 Å². The van der Waals surface area contributed by atoms with Gasteiger partial charge in [-0.3, -0.25) is 4.68 Å². The third kappa shape index (κ3) is 3.33. The number of nitrogens with zero attached hydrogens (tertiary/aromatic N) is 2. The van der Waals surface area contributed by atoms with Gasteiger partial charge in [-0.25, -0.2) is 0 Å². The fourth-order valence-corrected chi connectivity index (χ4v) is 2.67. The van der Waals surface area contributed by atoms with Crippen molar-refractivity contribution in [1.29, 1.82) is 0 Å². The Morgan fingerprint density at radius 1 is 1.39 bits per heavy atom. The number of nitrogens with one attached hydrogen (secondary N) is 1. The Labute approximate surface area is 111 Å². The van der Waals surface area contributed by atoms with Crippen LogP contribution >= 0.6 is 0 Å². The van der Waals surface area contributed by atoms with Crippen molar-refractivity contribution in [2.24, 2.45) is 7.05 Å². The highest BCUT2D eigenvalue weighted by molar-refractivity contribution is 5.05. The van der Waals surface area contributed by atoms with Gasteiger partial charge in [0.2, 0.25) is 0 Å². The summed E-state index contributed by atoms with van der Waals surface area (Å²) in [7, 11) is 3.96. The lowest BCUT2D eigenvalue weighted by atomic mass is 9.85. The Bertz CT molecular complexity index is 345. The molecule has 1 atom stereocenters. The van der Waals surface area contributed by atoms with Crippen LogP contribution in [0.4, 0.5) is 0 Å². The highest BCUT2D eigenvalue weighted by Gasteiger charge is 2.35. The maximum atomic E-state index is 6.06. The molecule has 0 fully saturated rings. The van der Waals surface area contributed by atoms with Crippen LogP contribution < -0.4 is 5.32 Å². The van der Waals surface area contributed by atoms with Gasteiger partial charge in [0.1, 0.15) is 0 Å². The summed E-state index contributed by atoms with van der Waals surface area (Å²) in [5.41, 5.74) is 1.02. The van der Waals surface area contributed by atoms with Crippen LogP contribution in [0.15, 0.2) is 12.3 Å². The van der Waals surface area contributed by atoms with Crippen molar-refractivity contribution in [2.75, 3.05) is 13.7 Å². The van der Waals surface area contributed by atoms with Gasteiger partial charge in [0.15, 0.2) is 0 Å². The first-order valence-corrected chi connectivity index (χ1v) is 6.91. The standard InChI is InChI=1S/C14H27N3O/c1-6-14(7-2,18-8-3)13(15-4)11-12-9-10-17(5)16-12/h9-10,13,15H,6-8,11H2,1-5H3. The van der Waals surface area contributed by atoms with Crippen LogP contribution in [-0.2, 0) is 18.2 Å². The van der Waals surface area contributed by atoms with E-state index in [1.807, 2.05) is 25.0 Å². The molecule has 104 valence electrons. The predicted molar refractivity (Wildman–Crippen MR) is 74.7 cm³/mol. The molecule has 4 nitrogen and oxygen atoms in total. The van der Waals surface area contributed by atoms with Gasteiger partial charge in [-0.05, 0) is 32.9 Å². The molecule has 4 heteroatoms. The molecule has 18 heavy (non-hydrogen) atoms. The Morgan fingerprint density at radius 3 is 2.44 bits per heavy atom. The number of hydrogen-bond acceptors (Lipinski definition) is 3. The quantitative estimate of drug-likeness (QED) is 0.771. The molecule has 0 radical (unpaired) electrons. The zero-order chi connectivity index (χ0) is 13.6. The second-order valence-electron chi connectivity index (χ2n) is 4.73. The van der Waals surface area contributed by atoms with E-state index in [1.54, 1.807) is 0 Å². The van der Waals surface area contributed by atoms with E-state index in [1.165, 1.54) is 0 Å². The zero-order valence-corrected chi connectivity index (χ0v) is 12.4. The minimum Gasteiger partial charge on any atom is -0.374 e. The van der Waals surface area contributed by atoms with Crippen molar-refractivity contribution < 1.29 is 4.74 Å². The Balaban J connectivity index is 2.84. The van der Waals surface area contributed by atoms with Crippen molar-refractivity contribution >= 4 is 0 Å². The summed E-state index contributed by atoms with van der Waals surface area (Å²) in [5, 5.41) is 7.87. The molecule has 1 rings (SSSR count). The summed E-state index contributed by atoms with van der Waals surface area (Å²) in [5.74, 6) is 0. The summed E-state index contributed by atoms with van der Waals surface area (Å²) in [4.78, 5) is 0. The molecule has 0 bridgehead atoms. The number of aryl methyl sites for hydroxylation is 1. The maximum absolute atomic E-state index is 6.06. The molecule has 0 aromatic carbocycles. The lowest BCUT2D eigenvalue weighted by Gasteiger charge is -2.39. The molecule has 0 aliphatic heterocycles. The Kier molecular flexibility index (Phi) is 5.82. The molecule has 1 aromatic heterocycles. The Morgan fingerprint density at radius 2 is 2.06 bits per heavy atom. The lowest BCUT2D eigenvalue weighted by Crippen LogP contribution is -2.52. The largest absolute Gasteiger partial charge is 0.374 e. The van der Waals surface area contributed by atoms with E-state index in [2.05, 4.69) is 37.3 Å². The molecule has 1 unspecified atom stereocenters. The molecule has 1 heterocycles. The molecule has 0 spiro atoms. The molecule has 0 saturated carbocycles. The monoisotopic (exact) mass is 253 g/mol. The topological polar surface area (TPSA) is 39.1 Å². The van der Waals surface area contributed by atoms with Gasteiger partial charge >= 0.3 is 0 Å². The van der Waals surface area contributed by atoms with Crippen LogP contribution in [0.3, 0.4) is 0 Å². The predicted octanol–water partition coefficient (Wildman–Crippen LogP) is 2.15. The molecule has 0 aliphatic rings. The van der Waals surface area contributed by atoms with E-state index < -0.39 is 0 Å². The summed E-state index contributed by atoms with van der Waals surface area (Å²) in [6, 6.07) is 2.37. The minimum absolute atomic E-state index is 0.0962. The van der Waals surface area contributed by atoms with Gasteiger partial charge in [0.05, 0.1) is 11.3 Å². The summed E-state index contributed by atoms with van der Waals surface area (Å²) in [6.45, 7) is 7.21. The number of likely N-dealkylation sites (N-methyl/N-ethyl adjacent to an activating group) is 1. The van der Waals surface area contributed by atoms with Crippen molar-refractivity contribution in [2.45, 2.75) is 51.7 Å². The van der Waals surface area contributed by atoms with Crippen molar-refractivity contribution in [1.82, 2.24) is 15.1 Å². The first kappa shape index (κ1) is 15.2. The second-order valence-corrected chi connectivity index (χ2v) is 4.73. The van der Waals surface area contributed by atoms with Gasteiger partial charge < -0.3 is 10.1 Å². The number of rotatable bonds is 8. The fraction of sp³-hybridized carbons (Fsp3) is 0.786. The van der Waals surface area contributed by atoms with E-state index in [0.717, 1.165) is 31.6 Å². The van der Waals surface area contributed by atoms with Crippen LogP contribution in [0.5, 0.6) is 0 Å². The van der Waals surface area contributed by atoms with Gasteiger partial charge in [0.25, 0.3) is 0 Å². The van der Waals surface area contributed by atoms with Crippen LogP contribution in [0, 0.1) is 0 Å². The van der Waals surface area contributed by atoms with E-state index >= 15 is 0 Å². The summed E-state index contributed by atoms with van der Waals surface area (Å²) in [6.07, 6.45) is 4.91. The summed E-state index contributed by atoms with van der Waals surface area (Å²) >= 11 is 0. The smallest absolute Gasteiger partial charge is 0.0833 e. The number of ether oxygens (including phenoxy) is 1. The van der Waals surface area contributed by atoms with E-state index in [4.69, 9.17) is 4.74 Å². The number of hydrogen-bond donors (Lipinski definition) is 1.